The lowest BCUT2D eigenvalue weighted by molar-refractivity contribution is -0.186. The Morgan fingerprint density at radius 2 is 1.93 bits per heavy atom. The van der Waals surface area contributed by atoms with Crippen LogP contribution in [-0.2, 0) is 15.7 Å². The minimum absolute atomic E-state index is 0.134. The number of hydrogen-bond acceptors (Lipinski definition) is 3. The van der Waals surface area contributed by atoms with E-state index in [1.807, 2.05) is 4.90 Å². The SMILES string of the molecule is CC(C)[C@H]1CO[C@]23CC[C@@H](Nc4ccc(C(F)(F)F)cc4)C[C@H]2CCC(=O)N13. The summed E-state index contributed by atoms with van der Waals surface area (Å²) in [4.78, 5) is 14.7. The van der Waals surface area contributed by atoms with Crippen molar-refractivity contribution in [3.63, 3.8) is 0 Å². The third kappa shape index (κ3) is 3.27. The van der Waals surface area contributed by atoms with Gasteiger partial charge < -0.3 is 15.0 Å². The maximum atomic E-state index is 12.7. The van der Waals surface area contributed by atoms with Gasteiger partial charge in [0.25, 0.3) is 0 Å². The van der Waals surface area contributed by atoms with Crippen LogP contribution in [0.25, 0.3) is 0 Å². The van der Waals surface area contributed by atoms with Crippen LogP contribution in [0.15, 0.2) is 24.3 Å². The van der Waals surface area contributed by atoms with Crippen LogP contribution < -0.4 is 5.32 Å². The fraction of sp³-hybridized carbons (Fsp3) is 0.667. The van der Waals surface area contributed by atoms with E-state index in [4.69, 9.17) is 4.74 Å². The van der Waals surface area contributed by atoms with E-state index in [1.165, 1.54) is 12.1 Å². The number of nitrogens with zero attached hydrogens (tertiary/aromatic N) is 1. The topological polar surface area (TPSA) is 41.6 Å². The summed E-state index contributed by atoms with van der Waals surface area (Å²) < 4.78 is 44.5. The van der Waals surface area contributed by atoms with Crippen molar-refractivity contribution in [3.05, 3.63) is 29.8 Å². The number of rotatable bonds is 3. The molecule has 2 saturated heterocycles. The summed E-state index contributed by atoms with van der Waals surface area (Å²) in [5.41, 5.74) is -0.422. The number of amides is 1. The van der Waals surface area contributed by atoms with Crippen LogP contribution >= 0.6 is 0 Å². The Morgan fingerprint density at radius 3 is 2.57 bits per heavy atom. The second kappa shape index (κ2) is 6.94. The average Bonchev–Trinajstić information content (AvgIpc) is 3.03. The number of hydrogen-bond donors (Lipinski definition) is 1. The summed E-state index contributed by atoms with van der Waals surface area (Å²) in [7, 11) is 0. The molecule has 3 aliphatic rings. The Balaban J connectivity index is 1.46. The van der Waals surface area contributed by atoms with Gasteiger partial charge in [-0.1, -0.05) is 13.8 Å². The first-order valence-corrected chi connectivity index (χ1v) is 10.1. The number of piperidine rings is 1. The van der Waals surface area contributed by atoms with Gasteiger partial charge in [0.15, 0.2) is 0 Å². The molecule has 0 radical (unpaired) electrons. The second-order valence-electron chi connectivity index (χ2n) is 8.66. The van der Waals surface area contributed by atoms with Gasteiger partial charge in [-0.2, -0.15) is 13.2 Å². The maximum Gasteiger partial charge on any atom is 0.416 e. The Labute approximate surface area is 163 Å². The molecule has 0 aromatic heterocycles. The molecule has 28 heavy (non-hydrogen) atoms. The molecule has 1 N–H and O–H groups in total. The number of ether oxygens (including phenoxy) is 1. The molecule has 1 aromatic carbocycles. The molecule has 154 valence electrons. The van der Waals surface area contributed by atoms with Gasteiger partial charge in [0.05, 0.1) is 18.2 Å². The monoisotopic (exact) mass is 396 g/mol. The van der Waals surface area contributed by atoms with E-state index in [-0.39, 0.29) is 23.9 Å². The number of alkyl halides is 3. The zero-order chi connectivity index (χ0) is 20.1. The number of anilines is 1. The van der Waals surface area contributed by atoms with Gasteiger partial charge in [0.2, 0.25) is 5.91 Å². The number of halogens is 3. The van der Waals surface area contributed by atoms with Crippen LogP contribution in [0.4, 0.5) is 18.9 Å². The molecule has 1 aliphatic carbocycles. The quantitative estimate of drug-likeness (QED) is 0.808. The van der Waals surface area contributed by atoms with Gasteiger partial charge in [0, 0.05) is 24.1 Å². The van der Waals surface area contributed by atoms with Crippen LogP contribution in [0.5, 0.6) is 0 Å². The largest absolute Gasteiger partial charge is 0.416 e. The highest BCUT2D eigenvalue weighted by Crippen LogP contribution is 2.50. The molecule has 2 aliphatic heterocycles. The van der Waals surface area contributed by atoms with Gasteiger partial charge in [-0.15, -0.1) is 0 Å². The number of carbonyl (C=O) groups excluding carboxylic acids is 1. The van der Waals surface area contributed by atoms with Crippen LogP contribution in [0.1, 0.15) is 51.5 Å². The Hall–Kier alpha value is -1.76. The lowest BCUT2D eigenvalue weighted by Gasteiger charge is -2.52. The van der Waals surface area contributed by atoms with E-state index in [1.54, 1.807) is 0 Å². The van der Waals surface area contributed by atoms with Gasteiger partial charge in [-0.05, 0) is 55.9 Å². The standard InChI is InChI=1S/C21H27F3N2O2/c1-13(2)18-12-28-20-10-9-17(11-15(20)5-8-19(27)26(18)20)25-16-6-3-14(4-7-16)21(22,23)24/h3-4,6-7,13,15,17-18,25H,5,8-12H2,1-2H3/t15-,17-,18-,20-/m1/s1. The molecule has 1 saturated carbocycles. The Bertz CT molecular complexity index is 734. The molecular weight excluding hydrogens is 369 g/mol. The second-order valence-corrected chi connectivity index (χ2v) is 8.66. The fourth-order valence-electron chi connectivity index (χ4n) is 5.16. The van der Waals surface area contributed by atoms with Crippen LogP contribution in [0.2, 0.25) is 0 Å². The minimum Gasteiger partial charge on any atom is -0.382 e. The summed E-state index contributed by atoms with van der Waals surface area (Å²) in [6, 6.07) is 5.51. The van der Waals surface area contributed by atoms with Crippen molar-refractivity contribution in [2.75, 3.05) is 11.9 Å². The van der Waals surface area contributed by atoms with Crippen molar-refractivity contribution < 1.29 is 22.7 Å². The van der Waals surface area contributed by atoms with Crippen molar-refractivity contribution in [1.29, 1.82) is 0 Å². The van der Waals surface area contributed by atoms with E-state index in [0.717, 1.165) is 37.8 Å². The molecule has 4 nitrogen and oxygen atoms in total. The summed E-state index contributed by atoms with van der Waals surface area (Å²) in [5, 5.41) is 3.39. The van der Waals surface area contributed by atoms with E-state index < -0.39 is 17.5 Å². The average molecular weight is 396 g/mol. The summed E-state index contributed by atoms with van der Waals surface area (Å²) in [5.74, 6) is 0.807. The number of benzene rings is 1. The molecule has 0 unspecified atom stereocenters. The highest BCUT2D eigenvalue weighted by molar-refractivity contribution is 5.78. The molecular formula is C21H27F3N2O2. The third-order valence-electron chi connectivity index (χ3n) is 6.63. The maximum absolute atomic E-state index is 12.7. The number of carbonyl (C=O) groups is 1. The Kier molecular flexibility index (Phi) is 4.84. The normalized spacial score (nSPS) is 33.0. The van der Waals surface area contributed by atoms with E-state index in [9.17, 15) is 18.0 Å². The predicted molar refractivity (Wildman–Crippen MR) is 99.6 cm³/mol. The molecule has 4 rings (SSSR count). The Morgan fingerprint density at radius 1 is 1.21 bits per heavy atom. The third-order valence-corrected chi connectivity index (χ3v) is 6.63. The van der Waals surface area contributed by atoms with Crippen molar-refractivity contribution in [2.24, 2.45) is 11.8 Å². The molecule has 1 spiro atoms. The summed E-state index contributed by atoms with van der Waals surface area (Å²) in [6.07, 6.45) is -0.509. The molecule has 7 heteroatoms. The lowest BCUT2D eigenvalue weighted by Crippen LogP contribution is -2.62. The van der Waals surface area contributed by atoms with Crippen molar-refractivity contribution in [2.45, 2.75) is 69.9 Å². The van der Waals surface area contributed by atoms with Crippen LogP contribution in [-0.4, -0.2) is 35.2 Å². The van der Waals surface area contributed by atoms with Gasteiger partial charge in [-0.3, -0.25) is 4.79 Å². The lowest BCUT2D eigenvalue weighted by atomic mass is 9.72. The molecule has 3 fully saturated rings. The molecule has 1 aromatic rings. The van der Waals surface area contributed by atoms with E-state index in [0.29, 0.717) is 24.6 Å². The van der Waals surface area contributed by atoms with Gasteiger partial charge in [-0.25, -0.2) is 0 Å². The van der Waals surface area contributed by atoms with Crippen LogP contribution in [0, 0.1) is 11.8 Å². The first kappa shape index (κ1) is 19.6. The zero-order valence-electron chi connectivity index (χ0n) is 16.3. The molecule has 0 bridgehead atoms. The van der Waals surface area contributed by atoms with Crippen molar-refractivity contribution >= 4 is 11.6 Å². The van der Waals surface area contributed by atoms with Gasteiger partial charge >= 0.3 is 6.18 Å². The fourth-order valence-corrected chi connectivity index (χ4v) is 5.16. The summed E-state index contributed by atoms with van der Waals surface area (Å²) >= 11 is 0. The van der Waals surface area contributed by atoms with Crippen molar-refractivity contribution in [3.8, 4) is 0 Å². The highest BCUT2D eigenvalue weighted by atomic mass is 19.4. The van der Waals surface area contributed by atoms with E-state index in [2.05, 4.69) is 19.2 Å². The van der Waals surface area contributed by atoms with Crippen LogP contribution in [0.3, 0.4) is 0 Å². The van der Waals surface area contributed by atoms with E-state index >= 15 is 0 Å². The molecule has 4 atom stereocenters. The number of nitrogens with one attached hydrogen (secondary N) is 1. The van der Waals surface area contributed by atoms with Crippen molar-refractivity contribution in [1.82, 2.24) is 4.90 Å². The molecule has 2 heterocycles. The van der Waals surface area contributed by atoms with Gasteiger partial charge in [0.1, 0.15) is 5.72 Å². The molecule has 1 amide bonds. The smallest absolute Gasteiger partial charge is 0.382 e. The first-order valence-electron chi connectivity index (χ1n) is 10.1. The predicted octanol–water partition coefficient (Wildman–Crippen LogP) is 4.66. The minimum atomic E-state index is -4.32. The zero-order valence-corrected chi connectivity index (χ0v) is 16.3. The first-order chi connectivity index (χ1) is 13.2. The highest BCUT2D eigenvalue weighted by Gasteiger charge is 2.59. The summed E-state index contributed by atoms with van der Waals surface area (Å²) in [6.45, 7) is 4.85.